The van der Waals surface area contributed by atoms with Crippen LogP contribution in [0, 0.1) is 0 Å². The Hall–Kier alpha value is -0.910. The van der Waals surface area contributed by atoms with E-state index >= 15 is 0 Å². The van der Waals surface area contributed by atoms with Gasteiger partial charge in [-0.2, -0.15) is 0 Å². The van der Waals surface area contributed by atoms with Crippen molar-refractivity contribution >= 4 is 5.97 Å². The van der Waals surface area contributed by atoms with Crippen LogP contribution in [0.25, 0.3) is 0 Å². The molecule has 0 radical (unpaired) electrons. The summed E-state index contributed by atoms with van der Waals surface area (Å²) in [5.41, 5.74) is 5.70. The number of aliphatic hydroxyl groups excluding tert-OH is 2. The Morgan fingerprint density at radius 3 is 2.00 bits per heavy atom. The molecule has 0 spiro atoms. The van der Waals surface area contributed by atoms with Crippen LogP contribution in [-0.2, 0) is 9.53 Å². The van der Waals surface area contributed by atoms with Crippen LogP contribution in [-0.4, -0.2) is 41.0 Å². The van der Waals surface area contributed by atoms with Gasteiger partial charge in [0.05, 0.1) is 18.2 Å². The monoisotopic (exact) mass is 357 g/mol. The van der Waals surface area contributed by atoms with Gasteiger partial charge in [-0.25, -0.2) is 0 Å². The van der Waals surface area contributed by atoms with Crippen LogP contribution >= 0.6 is 0 Å². The number of carbonyl (C=O) groups is 1. The molecule has 0 rings (SSSR count). The number of aliphatic hydroxyl groups is 2. The molecule has 5 heteroatoms. The molecule has 0 saturated heterocycles. The van der Waals surface area contributed by atoms with E-state index in [4.69, 9.17) is 10.5 Å². The average molecular weight is 358 g/mol. The molecule has 3 atom stereocenters. The van der Waals surface area contributed by atoms with Crippen molar-refractivity contribution in [1.29, 1.82) is 0 Å². The minimum absolute atomic E-state index is 0.0324. The minimum atomic E-state index is -0.929. The fourth-order valence-corrected chi connectivity index (χ4v) is 2.63. The zero-order chi connectivity index (χ0) is 18.9. The normalized spacial score (nSPS) is 15.2. The van der Waals surface area contributed by atoms with E-state index in [1.165, 1.54) is 64.4 Å². The van der Waals surface area contributed by atoms with Crippen molar-refractivity contribution in [1.82, 2.24) is 0 Å². The van der Waals surface area contributed by atoms with E-state index in [0.717, 1.165) is 12.8 Å². The first-order chi connectivity index (χ1) is 12.0. The maximum Gasteiger partial charge on any atom is 0.302 e. The number of nitrogens with two attached hydrogens (primary N) is 1. The molecule has 0 saturated carbocycles. The lowest BCUT2D eigenvalue weighted by atomic mass is 10.0. The molecule has 0 aromatic carbocycles. The van der Waals surface area contributed by atoms with Crippen molar-refractivity contribution in [2.45, 2.75) is 103 Å². The quantitative estimate of drug-likeness (QED) is 0.223. The molecule has 5 nitrogen and oxygen atoms in total. The molecule has 148 valence electrons. The standard InChI is InChI=1S/C20H39NO4/c1-3-4-5-6-7-8-9-10-11-12-13-18(23)14-15-20(24)19(21)16-25-17(2)22/h14-15,18-20,23-24H,3-13,16,21H2,1-2H3. The summed E-state index contributed by atoms with van der Waals surface area (Å²) in [5.74, 6) is -0.423. The van der Waals surface area contributed by atoms with Gasteiger partial charge in [0.1, 0.15) is 6.61 Å². The zero-order valence-electron chi connectivity index (χ0n) is 16.2. The van der Waals surface area contributed by atoms with Gasteiger partial charge in [0.15, 0.2) is 0 Å². The lowest BCUT2D eigenvalue weighted by molar-refractivity contribution is -0.141. The van der Waals surface area contributed by atoms with Gasteiger partial charge in [-0.05, 0) is 6.42 Å². The van der Waals surface area contributed by atoms with Crippen molar-refractivity contribution < 1.29 is 19.7 Å². The third-order valence-electron chi connectivity index (χ3n) is 4.30. The number of ether oxygens (including phenoxy) is 1. The van der Waals surface area contributed by atoms with E-state index < -0.39 is 24.2 Å². The van der Waals surface area contributed by atoms with Gasteiger partial charge in [-0.15, -0.1) is 0 Å². The first kappa shape index (κ1) is 24.1. The average Bonchev–Trinajstić information content (AvgIpc) is 2.59. The molecule has 0 amide bonds. The number of unbranched alkanes of at least 4 members (excludes halogenated alkanes) is 9. The van der Waals surface area contributed by atoms with Crippen LogP contribution in [0.15, 0.2) is 12.2 Å². The van der Waals surface area contributed by atoms with Gasteiger partial charge in [0.2, 0.25) is 0 Å². The second-order valence-corrected chi connectivity index (χ2v) is 6.88. The summed E-state index contributed by atoms with van der Waals surface area (Å²) in [4.78, 5) is 10.7. The fraction of sp³-hybridized carbons (Fsp3) is 0.850. The number of esters is 1. The molecule has 25 heavy (non-hydrogen) atoms. The predicted octanol–water partition coefficient (Wildman–Crippen LogP) is 3.47. The van der Waals surface area contributed by atoms with Crippen molar-refractivity contribution in [2.24, 2.45) is 5.73 Å². The highest BCUT2D eigenvalue weighted by molar-refractivity contribution is 5.65. The Balaban J connectivity index is 3.59. The number of hydrogen-bond donors (Lipinski definition) is 3. The summed E-state index contributed by atoms with van der Waals surface area (Å²) in [6, 6.07) is -0.676. The van der Waals surface area contributed by atoms with E-state index in [9.17, 15) is 15.0 Å². The molecule has 0 aliphatic carbocycles. The van der Waals surface area contributed by atoms with Gasteiger partial charge in [0.25, 0.3) is 0 Å². The van der Waals surface area contributed by atoms with Crippen molar-refractivity contribution in [3.05, 3.63) is 12.2 Å². The number of rotatable bonds is 16. The van der Waals surface area contributed by atoms with E-state index in [-0.39, 0.29) is 6.61 Å². The Labute approximate surface area is 153 Å². The molecule has 0 aliphatic heterocycles. The number of hydrogen-bond acceptors (Lipinski definition) is 5. The van der Waals surface area contributed by atoms with Gasteiger partial charge >= 0.3 is 5.97 Å². The molecule has 0 heterocycles. The van der Waals surface area contributed by atoms with Gasteiger partial charge < -0.3 is 20.7 Å². The third-order valence-corrected chi connectivity index (χ3v) is 4.30. The molecule has 0 fully saturated rings. The SMILES string of the molecule is CCCCCCCCCCCCC(O)C=CC(O)C(N)COC(C)=O. The number of carbonyl (C=O) groups excluding carboxylic acids is 1. The summed E-state index contributed by atoms with van der Waals surface area (Å²) in [5, 5.41) is 19.7. The Morgan fingerprint density at radius 1 is 0.960 bits per heavy atom. The second kappa shape index (κ2) is 16.6. The minimum Gasteiger partial charge on any atom is -0.464 e. The predicted molar refractivity (Wildman–Crippen MR) is 102 cm³/mol. The summed E-state index contributed by atoms with van der Waals surface area (Å²) in [7, 11) is 0. The second-order valence-electron chi connectivity index (χ2n) is 6.88. The Morgan fingerprint density at radius 2 is 1.48 bits per heavy atom. The lowest BCUT2D eigenvalue weighted by Crippen LogP contribution is -2.38. The van der Waals surface area contributed by atoms with E-state index in [1.807, 2.05) is 0 Å². The highest BCUT2D eigenvalue weighted by Crippen LogP contribution is 2.12. The molecule has 0 aromatic rings. The Kier molecular flexibility index (Phi) is 16.0. The van der Waals surface area contributed by atoms with Gasteiger partial charge in [0, 0.05) is 6.92 Å². The molecular formula is C20H39NO4. The van der Waals surface area contributed by atoms with Crippen LogP contribution in [0.1, 0.15) is 84.5 Å². The smallest absolute Gasteiger partial charge is 0.302 e. The van der Waals surface area contributed by atoms with Crippen molar-refractivity contribution in [2.75, 3.05) is 6.61 Å². The topological polar surface area (TPSA) is 92.8 Å². The highest BCUT2D eigenvalue weighted by atomic mass is 16.5. The van der Waals surface area contributed by atoms with Crippen molar-refractivity contribution in [3.63, 3.8) is 0 Å². The summed E-state index contributed by atoms with van der Waals surface area (Å²) >= 11 is 0. The van der Waals surface area contributed by atoms with Gasteiger partial charge in [-0.3, -0.25) is 4.79 Å². The molecule has 0 bridgehead atoms. The fourth-order valence-electron chi connectivity index (χ4n) is 2.63. The van der Waals surface area contributed by atoms with Gasteiger partial charge in [-0.1, -0.05) is 83.3 Å². The van der Waals surface area contributed by atoms with Crippen molar-refractivity contribution in [3.8, 4) is 0 Å². The molecule has 0 aromatic heterocycles. The molecule has 4 N–H and O–H groups in total. The lowest BCUT2D eigenvalue weighted by Gasteiger charge is -2.15. The molecular weight excluding hydrogens is 318 g/mol. The summed E-state index contributed by atoms with van der Waals surface area (Å²) in [6.45, 7) is 3.50. The first-order valence-electron chi connectivity index (χ1n) is 9.90. The Bertz CT molecular complexity index is 347. The molecule has 0 aliphatic rings. The largest absolute Gasteiger partial charge is 0.464 e. The van der Waals surface area contributed by atoms with E-state index in [0.29, 0.717) is 6.42 Å². The zero-order valence-corrected chi connectivity index (χ0v) is 16.2. The maximum atomic E-state index is 10.7. The maximum absolute atomic E-state index is 10.7. The summed E-state index contributed by atoms with van der Waals surface area (Å²) in [6.07, 6.45) is 14.9. The first-order valence-corrected chi connectivity index (χ1v) is 9.90. The van der Waals surface area contributed by atoms with E-state index in [1.54, 1.807) is 6.08 Å². The van der Waals surface area contributed by atoms with Crippen LogP contribution in [0.2, 0.25) is 0 Å². The van der Waals surface area contributed by atoms with Crippen LogP contribution in [0.3, 0.4) is 0 Å². The van der Waals surface area contributed by atoms with Crippen LogP contribution < -0.4 is 5.73 Å². The highest BCUT2D eigenvalue weighted by Gasteiger charge is 2.13. The van der Waals surface area contributed by atoms with Crippen LogP contribution in [0.4, 0.5) is 0 Å². The van der Waals surface area contributed by atoms with Crippen LogP contribution in [0.5, 0.6) is 0 Å². The summed E-state index contributed by atoms with van der Waals surface area (Å²) < 4.78 is 4.75. The third kappa shape index (κ3) is 16.3. The van der Waals surface area contributed by atoms with E-state index in [2.05, 4.69) is 6.92 Å². The molecule has 3 unspecified atom stereocenters.